The maximum absolute atomic E-state index is 14.5. The summed E-state index contributed by atoms with van der Waals surface area (Å²) in [4.78, 5) is 18.7. The Morgan fingerprint density at radius 1 is 0.977 bits per heavy atom. The molecule has 0 radical (unpaired) electrons. The number of halogens is 3. The normalized spacial score (nSPS) is 22.5. The molecule has 0 bridgehead atoms. The van der Waals surface area contributed by atoms with Crippen LogP contribution in [0.25, 0.3) is 6.08 Å². The van der Waals surface area contributed by atoms with Gasteiger partial charge in [-0.1, -0.05) is 37.3 Å². The van der Waals surface area contributed by atoms with E-state index in [4.69, 9.17) is 9.47 Å². The molecule has 3 aliphatic rings. The molecule has 0 aliphatic carbocycles. The quantitative estimate of drug-likeness (QED) is 0.286. The molecular formula is C35H37F3N2O3. The van der Waals surface area contributed by atoms with E-state index in [9.17, 15) is 18.0 Å². The van der Waals surface area contributed by atoms with Gasteiger partial charge in [0.05, 0.1) is 29.7 Å². The Morgan fingerprint density at radius 3 is 2.37 bits per heavy atom. The third-order valence-electron chi connectivity index (χ3n) is 9.74. The zero-order chi connectivity index (χ0) is 30.6. The number of alkyl halides is 3. The van der Waals surface area contributed by atoms with Gasteiger partial charge in [-0.05, 0) is 86.4 Å². The van der Waals surface area contributed by atoms with Gasteiger partial charge in [-0.3, -0.25) is 9.69 Å². The topological polar surface area (TPSA) is 42.0 Å². The number of carbonyl (C=O) groups excluding carboxylic acids is 1. The molecule has 1 spiro atoms. The van der Waals surface area contributed by atoms with E-state index in [1.807, 2.05) is 74.3 Å². The number of anilines is 1. The predicted octanol–water partition coefficient (Wildman–Crippen LogP) is 7.14. The van der Waals surface area contributed by atoms with E-state index in [1.54, 1.807) is 0 Å². The van der Waals surface area contributed by atoms with Gasteiger partial charge >= 0.3 is 6.18 Å². The Labute approximate surface area is 250 Å². The summed E-state index contributed by atoms with van der Waals surface area (Å²) < 4.78 is 53.1. The predicted molar refractivity (Wildman–Crippen MR) is 162 cm³/mol. The molecule has 3 aromatic rings. The van der Waals surface area contributed by atoms with Crippen molar-refractivity contribution in [3.8, 4) is 5.75 Å². The average molecular weight is 591 g/mol. The van der Waals surface area contributed by atoms with Crippen LogP contribution in [0.3, 0.4) is 0 Å². The van der Waals surface area contributed by atoms with Crippen molar-refractivity contribution in [3.63, 3.8) is 0 Å². The van der Waals surface area contributed by atoms with Crippen LogP contribution in [0.4, 0.5) is 18.9 Å². The summed E-state index contributed by atoms with van der Waals surface area (Å²) in [7, 11) is 1.84. The van der Waals surface area contributed by atoms with Gasteiger partial charge in [-0.2, -0.15) is 13.2 Å². The number of carbonyl (C=O) groups is 1. The summed E-state index contributed by atoms with van der Waals surface area (Å²) in [6.45, 7) is 8.42. The van der Waals surface area contributed by atoms with Crippen molar-refractivity contribution in [2.45, 2.75) is 56.5 Å². The summed E-state index contributed by atoms with van der Waals surface area (Å²) >= 11 is 0. The number of morpholine rings is 1. The number of nitrogens with zero attached hydrogens (tertiary/aromatic N) is 2. The molecule has 8 heteroatoms. The minimum Gasteiger partial charge on any atom is -0.463 e. The second kappa shape index (κ2) is 10.5. The number of ether oxygens (including phenoxy) is 2. The lowest BCUT2D eigenvalue weighted by Gasteiger charge is -2.46. The van der Waals surface area contributed by atoms with Crippen LogP contribution in [0.2, 0.25) is 0 Å². The van der Waals surface area contributed by atoms with E-state index >= 15 is 0 Å². The summed E-state index contributed by atoms with van der Waals surface area (Å²) in [5.74, 6) is 0.641. The Bertz CT molecular complexity index is 1560. The maximum atomic E-state index is 14.5. The summed E-state index contributed by atoms with van der Waals surface area (Å²) in [6.07, 6.45) is 0.644. The summed E-state index contributed by atoms with van der Waals surface area (Å²) in [5.41, 5.74) is 0.488. The molecule has 5 nitrogen and oxygen atoms in total. The lowest BCUT2D eigenvalue weighted by Crippen LogP contribution is -2.59. The summed E-state index contributed by atoms with van der Waals surface area (Å²) in [6, 6.07) is 19.5. The zero-order valence-electron chi connectivity index (χ0n) is 25.0. The van der Waals surface area contributed by atoms with Crippen LogP contribution in [-0.2, 0) is 22.7 Å². The van der Waals surface area contributed by atoms with E-state index in [0.29, 0.717) is 61.7 Å². The molecule has 2 unspecified atom stereocenters. The highest BCUT2D eigenvalue weighted by Gasteiger charge is 2.58. The molecule has 2 atom stereocenters. The van der Waals surface area contributed by atoms with Crippen molar-refractivity contribution >= 4 is 17.5 Å². The zero-order valence-corrected chi connectivity index (χ0v) is 25.0. The number of Topliss-reactive ketones (excluding diaryl/α,β-unsaturated/α-hetero) is 1. The van der Waals surface area contributed by atoms with Gasteiger partial charge < -0.3 is 14.4 Å². The molecular weight excluding hydrogens is 553 g/mol. The molecule has 6 rings (SSSR count). The number of benzene rings is 3. The number of likely N-dealkylation sites (N-methyl/N-ethyl adjacent to an activating group) is 1. The number of rotatable bonds is 6. The number of fused-ring (bicyclic) bond motifs is 2. The molecule has 0 N–H and O–H groups in total. The molecule has 1 fully saturated rings. The highest BCUT2D eigenvalue weighted by atomic mass is 19.4. The van der Waals surface area contributed by atoms with Crippen LogP contribution in [0.15, 0.2) is 72.8 Å². The molecule has 3 heterocycles. The first kappa shape index (κ1) is 29.5. The molecule has 3 aromatic carbocycles. The van der Waals surface area contributed by atoms with Crippen LogP contribution in [-0.4, -0.2) is 55.3 Å². The van der Waals surface area contributed by atoms with Crippen molar-refractivity contribution in [3.05, 3.63) is 101 Å². The maximum Gasteiger partial charge on any atom is 0.416 e. The average Bonchev–Trinajstić information content (AvgIpc) is 3.17. The van der Waals surface area contributed by atoms with Gasteiger partial charge in [0.1, 0.15) is 5.75 Å². The van der Waals surface area contributed by atoms with Gasteiger partial charge in [0.25, 0.3) is 0 Å². The largest absolute Gasteiger partial charge is 0.463 e. The number of hydrogen-bond donors (Lipinski definition) is 0. The van der Waals surface area contributed by atoms with Crippen molar-refractivity contribution in [1.82, 2.24) is 4.90 Å². The fraction of sp³-hybridized carbons (Fsp3) is 0.400. The van der Waals surface area contributed by atoms with E-state index in [-0.39, 0.29) is 5.78 Å². The Hall–Kier alpha value is -3.62. The molecule has 0 saturated carbocycles. The van der Waals surface area contributed by atoms with Crippen LogP contribution >= 0.6 is 0 Å². The van der Waals surface area contributed by atoms with Gasteiger partial charge in [0.15, 0.2) is 5.78 Å². The fourth-order valence-corrected chi connectivity index (χ4v) is 7.17. The second-order valence-electron chi connectivity index (χ2n) is 12.3. The van der Waals surface area contributed by atoms with Crippen molar-refractivity contribution < 1.29 is 27.4 Å². The number of hydrogen-bond acceptors (Lipinski definition) is 5. The fourth-order valence-electron chi connectivity index (χ4n) is 7.17. The first-order valence-electron chi connectivity index (χ1n) is 14.8. The highest BCUT2D eigenvalue weighted by molar-refractivity contribution is 6.04. The molecule has 0 aromatic heterocycles. The number of ketones is 1. The van der Waals surface area contributed by atoms with Crippen molar-refractivity contribution in [2.75, 3.05) is 38.3 Å². The van der Waals surface area contributed by atoms with Crippen molar-refractivity contribution in [2.24, 2.45) is 0 Å². The minimum atomic E-state index is -4.44. The monoisotopic (exact) mass is 590 g/mol. The van der Waals surface area contributed by atoms with Gasteiger partial charge in [-0.25, -0.2) is 0 Å². The van der Waals surface area contributed by atoms with Gasteiger partial charge in [-0.15, -0.1) is 0 Å². The lowest BCUT2D eigenvalue weighted by atomic mass is 9.75. The first-order chi connectivity index (χ1) is 20.4. The smallest absolute Gasteiger partial charge is 0.416 e. The Balaban J connectivity index is 1.35. The Morgan fingerprint density at radius 2 is 1.70 bits per heavy atom. The third-order valence-corrected chi connectivity index (χ3v) is 9.74. The SMILES string of the molecule is CCC(Cc1ccccc1)(C(=O)c1ccc2c(c1)C=CC1(O2)N(C)c2ccc(C(F)(F)F)cc2C1(C)C)N1CCOCC1. The van der Waals surface area contributed by atoms with E-state index < -0.39 is 28.4 Å². The molecule has 226 valence electrons. The van der Waals surface area contributed by atoms with Crippen LogP contribution < -0.4 is 9.64 Å². The third kappa shape index (κ3) is 4.66. The standard InChI is InChI=1S/C35H37F3N2O3/c1-5-33(40-17-19-42-20-18-40,23-24-9-7-6-8-10-24)31(41)26-11-14-30-25(21-26)15-16-34(43-30)32(2,3)28-22-27(35(36,37)38)12-13-29(28)39(34)4/h6-16,21-22H,5,17-20,23H2,1-4H3. The van der Waals surface area contributed by atoms with Crippen molar-refractivity contribution in [1.29, 1.82) is 0 Å². The van der Waals surface area contributed by atoms with E-state index in [0.717, 1.165) is 17.2 Å². The lowest BCUT2D eigenvalue weighted by molar-refractivity contribution is -0.137. The van der Waals surface area contributed by atoms with Crippen LogP contribution in [0.5, 0.6) is 5.75 Å². The van der Waals surface area contributed by atoms with Gasteiger partial charge in [0.2, 0.25) is 5.72 Å². The molecule has 43 heavy (non-hydrogen) atoms. The highest BCUT2D eigenvalue weighted by Crippen LogP contribution is 2.55. The Kier molecular flexibility index (Phi) is 7.21. The van der Waals surface area contributed by atoms with Crippen LogP contribution in [0.1, 0.15) is 59.8 Å². The first-order valence-corrected chi connectivity index (χ1v) is 14.8. The molecule has 0 amide bonds. The van der Waals surface area contributed by atoms with E-state index in [1.165, 1.54) is 12.1 Å². The molecule has 3 aliphatic heterocycles. The molecule has 1 saturated heterocycles. The van der Waals surface area contributed by atoms with Gasteiger partial charge in [0, 0.05) is 37.0 Å². The minimum absolute atomic E-state index is 0.0580. The van der Waals surface area contributed by atoms with E-state index in [2.05, 4.69) is 24.0 Å². The van der Waals surface area contributed by atoms with Crippen LogP contribution in [0, 0.1) is 0 Å². The summed E-state index contributed by atoms with van der Waals surface area (Å²) in [5, 5.41) is 0. The second-order valence-corrected chi connectivity index (χ2v) is 12.3.